The number of ketones is 1. The maximum Gasteiger partial charge on any atom is 0.313 e. The van der Waals surface area contributed by atoms with E-state index in [2.05, 4.69) is 0 Å². The Balaban J connectivity index is 3.51. The molecular formula is C8H15NO4. The Hall–Kier alpha value is -0.940. The average Bonchev–Trinajstić information content (AvgIpc) is 2.00. The van der Waals surface area contributed by atoms with Gasteiger partial charge in [0.2, 0.25) is 0 Å². The van der Waals surface area contributed by atoms with Crippen molar-refractivity contribution in [2.75, 3.05) is 20.3 Å². The topological polar surface area (TPSA) is 78.6 Å². The lowest BCUT2D eigenvalue weighted by Crippen LogP contribution is -2.32. The third-order valence-corrected chi connectivity index (χ3v) is 1.23. The predicted octanol–water partition coefficient (Wildman–Crippen LogP) is -0.518. The first-order valence-electron chi connectivity index (χ1n) is 3.95. The summed E-state index contributed by atoms with van der Waals surface area (Å²) in [5.41, 5.74) is 5.48. The van der Waals surface area contributed by atoms with Crippen molar-refractivity contribution in [2.45, 2.75) is 19.4 Å². The van der Waals surface area contributed by atoms with Gasteiger partial charge in [0.25, 0.3) is 0 Å². The molecule has 0 aliphatic carbocycles. The van der Waals surface area contributed by atoms with Gasteiger partial charge in [0.05, 0.1) is 12.6 Å². The largest absolute Gasteiger partial charge is 0.464 e. The minimum absolute atomic E-state index is 0.0833. The van der Waals surface area contributed by atoms with Crippen molar-refractivity contribution in [3.05, 3.63) is 0 Å². The van der Waals surface area contributed by atoms with Crippen LogP contribution in [-0.2, 0) is 19.1 Å². The average molecular weight is 189 g/mol. The third-order valence-electron chi connectivity index (χ3n) is 1.23. The van der Waals surface area contributed by atoms with E-state index in [0.717, 1.165) is 0 Å². The van der Waals surface area contributed by atoms with E-state index < -0.39 is 5.97 Å². The highest BCUT2D eigenvalue weighted by Crippen LogP contribution is 1.90. The van der Waals surface area contributed by atoms with Gasteiger partial charge in [-0.2, -0.15) is 0 Å². The molecule has 5 nitrogen and oxygen atoms in total. The lowest BCUT2D eigenvalue weighted by Gasteiger charge is -2.10. The number of rotatable bonds is 6. The second-order valence-electron chi connectivity index (χ2n) is 2.78. The molecule has 0 aliphatic heterocycles. The summed E-state index contributed by atoms with van der Waals surface area (Å²) in [6, 6.07) is -0.332. The SMILES string of the molecule is COCC(N)COC(=O)CC(C)=O. The predicted molar refractivity (Wildman–Crippen MR) is 46.1 cm³/mol. The maximum absolute atomic E-state index is 10.8. The Morgan fingerprint density at radius 2 is 2.00 bits per heavy atom. The number of ether oxygens (including phenoxy) is 2. The molecule has 2 N–H and O–H groups in total. The van der Waals surface area contributed by atoms with Crippen LogP contribution in [0.2, 0.25) is 0 Å². The van der Waals surface area contributed by atoms with E-state index in [1.165, 1.54) is 14.0 Å². The van der Waals surface area contributed by atoms with E-state index >= 15 is 0 Å². The van der Waals surface area contributed by atoms with Crippen molar-refractivity contribution in [3.8, 4) is 0 Å². The van der Waals surface area contributed by atoms with Gasteiger partial charge in [-0.1, -0.05) is 0 Å². The molecule has 0 amide bonds. The number of nitrogens with two attached hydrogens (primary N) is 1. The number of hydrogen-bond donors (Lipinski definition) is 1. The third kappa shape index (κ3) is 7.42. The summed E-state index contributed by atoms with van der Waals surface area (Å²) in [6.07, 6.45) is -0.195. The quantitative estimate of drug-likeness (QED) is 0.449. The number of methoxy groups -OCH3 is 1. The Bertz CT molecular complexity index is 181. The van der Waals surface area contributed by atoms with Crippen LogP contribution in [0.15, 0.2) is 0 Å². The molecule has 0 radical (unpaired) electrons. The summed E-state index contributed by atoms with van der Waals surface area (Å²) >= 11 is 0. The molecule has 0 saturated heterocycles. The number of hydrogen-bond acceptors (Lipinski definition) is 5. The molecule has 5 heteroatoms. The number of carbonyl (C=O) groups is 2. The maximum atomic E-state index is 10.8. The molecule has 0 aliphatic rings. The Labute approximate surface area is 77.2 Å². The van der Waals surface area contributed by atoms with Gasteiger partial charge in [0.1, 0.15) is 18.8 Å². The minimum Gasteiger partial charge on any atom is -0.464 e. The van der Waals surface area contributed by atoms with Crippen molar-refractivity contribution in [2.24, 2.45) is 5.73 Å². The first kappa shape index (κ1) is 12.1. The molecule has 1 unspecified atom stereocenters. The second kappa shape index (κ2) is 6.56. The summed E-state index contributed by atoms with van der Waals surface area (Å²) in [7, 11) is 1.51. The van der Waals surface area contributed by atoms with Crippen LogP contribution in [0.1, 0.15) is 13.3 Å². The molecule has 0 aromatic carbocycles. The Morgan fingerprint density at radius 3 is 2.46 bits per heavy atom. The first-order valence-corrected chi connectivity index (χ1v) is 3.95. The van der Waals surface area contributed by atoms with E-state index in [1.807, 2.05) is 0 Å². The summed E-state index contributed by atoms with van der Waals surface area (Å²) in [5, 5.41) is 0. The fraction of sp³-hybridized carbons (Fsp3) is 0.750. The molecule has 1 atom stereocenters. The summed E-state index contributed by atoms with van der Waals surface area (Å²) < 4.78 is 9.44. The van der Waals surface area contributed by atoms with Crippen molar-refractivity contribution >= 4 is 11.8 Å². The number of Topliss-reactive ketones (excluding diaryl/α,β-unsaturated/α-hetero) is 1. The standard InChI is InChI=1S/C8H15NO4/c1-6(10)3-8(11)13-5-7(9)4-12-2/h7H,3-5,9H2,1-2H3. The van der Waals surface area contributed by atoms with Crippen LogP contribution in [0.25, 0.3) is 0 Å². The van der Waals surface area contributed by atoms with E-state index in [0.29, 0.717) is 6.61 Å². The van der Waals surface area contributed by atoms with Gasteiger partial charge < -0.3 is 15.2 Å². The lowest BCUT2D eigenvalue weighted by molar-refractivity contribution is -0.146. The molecule has 0 heterocycles. The van der Waals surface area contributed by atoms with E-state index in [9.17, 15) is 9.59 Å². The van der Waals surface area contributed by atoms with Crippen LogP contribution in [0.3, 0.4) is 0 Å². The zero-order chi connectivity index (χ0) is 10.3. The fourth-order valence-corrected chi connectivity index (χ4v) is 0.716. The summed E-state index contributed by atoms with van der Waals surface area (Å²) in [5.74, 6) is -0.760. The zero-order valence-electron chi connectivity index (χ0n) is 7.91. The van der Waals surface area contributed by atoms with Gasteiger partial charge >= 0.3 is 5.97 Å². The van der Waals surface area contributed by atoms with Gasteiger partial charge in [-0.25, -0.2) is 0 Å². The van der Waals surface area contributed by atoms with E-state index in [1.54, 1.807) is 0 Å². The first-order chi connectivity index (χ1) is 6.06. The van der Waals surface area contributed by atoms with Crippen molar-refractivity contribution in [3.63, 3.8) is 0 Å². The molecule has 0 rings (SSSR count). The molecule has 0 aromatic heterocycles. The normalized spacial score (nSPS) is 12.2. The van der Waals surface area contributed by atoms with Gasteiger partial charge in [-0.05, 0) is 6.92 Å². The fourth-order valence-electron chi connectivity index (χ4n) is 0.716. The molecule has 0 aromatic rings. The van der Waals surface area contributed by atoms with Crippen LogP contribution in [0.4, 0.5) is 0 Å². The van der Waals surface area contributed by atoms with Crippen LogP contribution in [-0.4, -0.2) is 38.1 Å². The summed E-state index contributed by atoms with van der Waals surface area (Å²) in [4.78, 5) is 21.3. The molecule has 0 spiro atoms. The van der Waals surface area contributed by atoms with E-state index in [-0.39, 0.29) is 24.9 Å². The van der Waals surface area contributed by atoms with Crippen LogP contribution in [0, 0.1) is 0 Å². The van der Waals surface area contributed by atoms with Gasteiger partial charge in [0.15, 0.2) is 0 Å². The molecule has 0 bridgehead atoms. The number of esters is 1. The lowest BCUT2D eigenvalue weighted by atomic mass is 10.3. The van der Waals surface area contributed by atoms with Crippen LogP contribution < -0.4 is 5.73 Å². The van der Waals surface area contributed by atoms with Gasteiger partial charge in [-0.15, -0.1) is 0 Å². The monoisotopic (exact) mass is 189 g/mol. The smallest absolute Gasteiger partial charge is 0.313 e. The van der Waals surface area contributed by atoms with Gasteiger partial charge in [-0.3, -0.25) is 9.59 Å². The van der Waals surface area contributed by atoms with Crippen LogP contribution >= 0.6 is 0 Å². The summed E-state index contributed by atoms with van der Waals surface area (Å²) in [6.45, 7) is 1.74. The molecule has 13 heavy (non-hydrogen) atoms. The molecule has 0 saturated carbocycles. The zero-order valence-corrected chi connectivity index (χ0v) is 7.91. The highest BCUT2D eigenvalue weighted by Gasteiger charge is 2.09. The molecule has 0 fully saturated rings. The number of carbonyl (C=O) groups excluding carboxylic acids is 2. The van der Waals surface area contributed by atoms with E-state index in [4.69, 9.17) is 15.2 Å². The van der Waals surface area contributed by atoms with Crippen molar-refractivity contribution in [1.29, 1.82) is 0 Å². The Kier molecular flexibility index (Phi) is 6.09. The highest BCUT2D eigenvalue weighted by molar-refractivity contribution is 5.94. The second-order valence-corrected chi connectivity index (χ2v) is 2.78. The molecule has 76 valence electrons. The highest BCUT2D eigenvalue weighted by atomic mass is 16.5. The van der Waals surface area contributed by atoms with Gasteiger partial charge in [0, 0.05) is 7.11 Å². The molecular weight excluding hydrogens is 174 g/mol. The Morgan fingerprint density at radius 1 is 1.38 bits per heavy atom. The minimum atomic E-state index is -0.543. The van der Waals surface area contributed by atoms with Crippen molar-refractivity contribution < 1.29 is 19.1 Å². The van der Waals surface area contributed by atoms with Crippen molar-refractivity contribution in [1.82, 2.24) is 0 Å². The van der Waals surface area contributed by atoms with Crippen LogP contribution in [0.5, 0.6) is 0 Å².